The van der Waals surface area contributed by atoms with Crippen LogP contribution < -0.4 is 5.73 Å². The second kappa shape index (κ2) is 5.14. The van der Waals surface area contributed by atoms with E-state index in [1.54, 1.807) is 12.1 Å². The molecule has 1 unspecified atom stereocenters. The Balaban J connectivity index is 2.50. The van der Waals surface area contributed by atoms with Crippen LogP contribution in [0.2, 0.25) is 10.0 Å². The molecule has 0 aromatic heterocycles. The van der Waals surface area contributed by atoms with E-state index in [9.17, 15) is 9.50 Å². The molecule has 0 radical (unpaired) electrons. The van der Waals surface area contributed by atoms with Crippen LogP contribution in [0.4, 0.5) is 10.1 Å². The normalized spacial score (nSPS) is 12.4. The molecule has 0 heterocycles. The van der Waals surface area contributed by atoms with Crippen LogP contribution in [-0.4, -0.2) is 5.11 Å². The number of nitrogens with two attached hydrogens (primary N) is 1. The highest BCUT2D eigenvalue weighted by Crippen LogP contribution is 2.33. The molecular weight excluding hydrogens is 276 g/mol. The molecule has 1 atom stereocenters. The molecule has 2 rings (SSSR count). The van der Waals surface area contributed by atoms with E-state index in [4.69, 9.17) is 28.9 Å². The minimum Gasteiger partial charge on any atom is -0.398 e. The van der Waals surface area contributed by atoms with Crippen molar-refractivity contribution in [3.05, 3.63) is 63.4 Å². The molecule has 94 valence electrons. The number of benzene rings is 2. The zero-order valence-electron chi connectivity index (χ0n) is 9.20. The molecule has 0 saturated heterocycles. The van der Waals surface area contributed by atoms with E-state index in [1.165, 1.54) is 24.3 Å². The molecule has 2 aromatic carbocycles. The fraction of sp³-hybridized carbons (Fsp3) is 0.0769. The third kappa shape index (κ3) is 2.58. The molecule has 3 N–H and O–H groups in total. The van der Waals surface area contributed by atoms with Crippen LogP contribution in [0.5, 0.6) is 0 Å². The monoisotopic (exact) mass is 285 g/mol. The van der Waals surface area contributed by atoms with Gasteiger partial charge in [0.2, 0.25) is 0 Å². The highest BCUT2D eigenvalue weighted by molar-refractivity contribution is 6.33. The van der Waals surface area contributed by atoms with Crippen molar-refractivity contribution < 1.29 is 9.50 Å². The van der Waals surface area contributed by atoms with Gasteiger partial charge in [0.15, 0.2) is 0 Å². The van der Waals surface area contributed by atoms with Crippen LogP contribution in [0.25, 0.3) is 0 Å². The summed E-state index contributed by atoms with van der Waals surface area (Å²) >= 11 is 11.8. The molecule has 0 spiro atoms. The summed E-state index contributed by atoms with van der Waals surface area (Å²) in [5.74, 6) is -0.476. The molecule has 0 bridgehead atoms. The molecule has 0 fully saturated rings. The van der Waals surface area contributed by atoms with Gasteiger partial charge in [0.05, 0.1) is 0 Å². The lowest BCUT2D eigenvalue weighted by atomic mass is 10.00. The predicted octanol–water partition coefficient (Wildman–Crippen LogP) is 3.80. The Hall–Kier alpha value is -1.29. The molecule has 0 aliphatic heterocycles. The molecule has 0 amide bonds. The third-order valence-electron chi connectivity index (χ3n) is 2.60. The van der Waals surface area contributed by atoms with Crippen LogP contribution >= 0.6 is 23.2 Å². The molecule has 0 aliphatic carbocycles. The Morgan fingerprint density at radius 3 is 2.50 bits per heavy atom. The quantitative estimate of drug-likeness (QED) is 0.825. The van der Waals surface area contributed by atoms with Crippen molar-refractivity contribution in [2.45, 2.75) is 6.10 Å². The number of aliphatic hydroxyl groups excluding tert-OH is 1. The average Bonchev–Trinajstić information content (AvgIpc) is 2.34. The molecule has 0 aliphatic rings. The van der Waals surface area contributed by atoms with E-state index in [0.717, 1.165) is 0 Å². The Morgan fingerprint density at radius 1 is 1.06 bits per heavy atom. The van der Waals surface area contributed by atoms with E-state index in [2.05, 4.69) is 0 Å². The molecule has 2 aromatic rings. The summed E-state index contributed by atoms with van der Waals surface area (Å²) in [5, 5.41) is 11.0. The minimum atomic E-state index is -1.12. The molecule has 18 heavy (non-hydrogen) atoms. The van der Waals surface area contributed by atoms with E-state index in [1.807, 2.05) is 0 Å². The maximum Gasteiger partial charge on any atom is 0.123 e. The van der Waals surface area contributed by atoms with Crippen molar-refractivity contribution in [3.8, 4) is 0 Å². The first-order valence-electron chi connectivity index (χ1n) is 5.17. The lowest BCUT2D eigenvalue weighted by Crippen LogP contribution is -2.05. The van der Waals surface area contributed by atoms with E-state index in [-0.39, 0.29) is 5.56 Å². The number of hydrogen-bond acceptors (Lipinski definition) is 2. The zero-order chi connectivity index (χ0) is 13.3. The average molecular weight is 286 g/mol. The summed E-state index contributed by atoms with van der Waals surface area (Å²) in [6, 6.07) is 8.50. The summed E-state index contributed by atoms with van der Waals surface area (Å²) in [4.78, 5) is 0. The van der Waals surface area contributed by atoms with Gasteiger partial charge in [0.1, 0.15) is 11.9 Å². The highest BCUT2D eigenvalue weighted by Gasteiger charge is 2.17. The van der Waals surface area contributed by atoms with Crippen molar-refractivity contribution in [1.29, 1.82) is 0 Å². The largest absolute Gasteiger partial charge is 0.398 e. The minimum absolute atomic E-state index is 0.263. The molecule has 2 nitrogen and oxygen atoms in total. The van der Waals surface area contributed by atoms with Crippen LogP contribution in [0.1, 0.15) is 17.2 Å². The Kier molecular flexibility index (Phi) is 3.76. The van der Waals surface area contributed by atoms with Crippen LogP contribution in [0, 0.1) is 5.82 Å². The van der Waals surface area contributed by atoms with Crippen molar-refractivity contribution in [1.82, 2.24) is 0 Å². The van der Waals surface area contributed by atoms with E-state index >= 15 is 0 Å². The molecule has 0 saturated carbocycles. The van der Waals surface area contributed by atoms with Gasteiger partial charge < -0.3 is 10.8 Å². The van der Waals surface area contributed by atoms with Gasteiger partial charge in [-0.15, -0.1) is 0 Å². The standard InChI is InChI=1S/C13H10Cl2FNO/c14-7-1-3-11(15)9(5-7)13(18)10-6-8(16)2-4-12(10)17/h1-6,13,18H,17H2. The number of nitrogen functional groups attached to an aromatic ring is 1. The summed E-state index contributed by atoms with van der Waals surface area (Å²) in [5.41, 5.74) is 6.66. The number of hydrogen-bond donors (Lipinski definition) is 2. The van der Waals surface area contributed by atoms with Crippen LogP contribution in [0.3, 0.4) is 0 Å². The molecule has 5 heteroatoms. The van der Waals surface area contributed by atoms with Crippen molar-refractivity contribution in [2.75, 3.05) is 5.73 Å². The first-order chi connectivity index (χ1) is 8.49. The summed E-state index contributed by atoms with van der Waals surface area (Å²) < 4.78 is 13.2. The van der Waals surface area contributed by atoms with Gasteiger partial charge in [-0.2, -0.15) is 0 Å². The Morgan fingerprint density at radius 2 is 1.78 bits per heavy atom. The summed E-state index contributed by atoms with van der Waals surface area (Å²) in [6.07, 6.45) is -1.12. The predicted molar refractivity (Wildman–Crippen MR) is 71.3 cm³/mol. The van der Waals surface area contributed by atoms with Gasteiger partial charge in [0, 0.05) is 26.9 Å². The SMILES string of the molecule is Nc1ccc(F)cc1C(O)c1cc(Cl)ccc1Cl. The topological polar surface area (TPSA) is 46.2 Å². The fourth-order valence-corrected chi connectivity index (χ4v) is 2.08. The Bertz CT molecular complexity index is 538. The van der Waals surface area contributed by atoms with Gasteiger partial charge in [-0.1, -0.05) is 23.2 Å². The molecular formula is C13H10Cl2FNO. The van der Waals surface area contributed by atoms with Crippen LogP contribution in [0.15, 0.2) is 36.4 Å². The lowest BCUT2D eigenvalue weighted by molar-refractivity contribution is 0.220. The summed E-state index contributed by atoms with van der Waals surface area (Å²) in [6.45, 7) is 0. The van der Waals surface area contributed by atoms with Crippen molar-refractivity contribution in [3.63, 3.8) is 0 Å². The number of rotatable bonds is 2. The van der Waals surface area contributed by atoms with E-state index in [0.29, 0.717) is 21.3 Å². The smallest absolute Gasteiger partial charge is 0.123 e. The van der Waals surface area contributed by atoms with Crippen molar-refractivity contribution >= 4 is 28.9 Å². The van der Waals surface area contributed by atoms with Gasteiger partial charge in [-0.3, -0.25) is 0 Å². The van der Waals surface area contributed by atoms with Gasteiger partial charge in [-0.25, -0.2) is 4.39 Å². The van der Waals surface area contributed by atoms with E-state index < -0.39 is 11.9 Å². The zero-order valence-corrected chi connectivity index (χ0v) is 10.7. The maximum absolute atomic E-state index is 13.2. The highest BCUT2D eigenvalue weighted by atomic mass is 35.5. The van der Waals surface area contributed by atoms with Crippen LogP contribution in [-0.2, 0) is 0 Å². The second-order valence-electron chi connectivity index (χ2n) is 3.84. The number of halogens is 3. The lowest BCUT2D eigenvalue weighted by Gasteiger charge is -2.15. The van der Waals surface area contributed by atoms with Gasteiger partial charge in [0.25, 0.3) is 0 Å². The first kappa shape index (κ1) is 13.1. The third-order valence-corrected chi connectivity index (χ3v) is 3.18. The van der Waals surface area contributed by atoms with Gasteiger partial charge in [-0.05, 0) is 36.4 Å². The summed E-state index contributed by atoms with van der Waals surface area (Å²) in [7, 11) is 0. The number of anilines is 1. The van der Waals surface area contributed by atoms with Crippen molar-refractivity contribution in [2.24, 2.45) is 0 Å². The first-order valence-corrected chi connectivity index (χ1v) is 5.92. The fourth-order valence-electron chi connectivity index (χ4n) is 1.67. The van der Waals surface area contributed by atoms with Gasteiger partial charge >= 0.3 is 0 Å². The number of aliphatic hydroxyl groups is 1. The second-order valence-corrected chi connectivity index (χ2v) is 4.69. The Labute approximate surface area is 114 Å². The maximum atomic E-state index is 13.2.